The highest BCUT2D eigenvalue weighted by molar-refractivity contribution is 5.97. The quantitative estimate of drug-likeness (QED) is 0.377. The van der Waals surface area contributed by atoms with Gasteiger partial charge in [0.25, 0.3) is 0 Å². The average molecular weight is 377 g/mol. The number of ether oxygens (including phenoxy) is 1. The van der Waals surface area contributed by atoms with Crippen LogP contribution in [0.15, 0.2) is 54.8 Å². The van der Waals surface area contributed by atoms with E-state index in [0.29, 0.717) is 11.5 Å². The highest BCUT2D eigenvalue weighted by atomic mass is 19.1. The molecule has 0 heterocycles. The molecule has 0 unspecified atom stereocenters. The van der Waals surface area contributed by atoms with Crippen molar-refractivity contribution in [1.29, 1.82) is 0 Å². The Labute approximate surface area is 158 Å². The molecule has 0 aliphatic carbocycles. The van der Waals surface area contributed by atoms with Crippen LogP contribution in [0.4, 0.5) is 8.78 Å². The number of carbonyl (C=O) groups is 2. The van der Waals surface area contributed by atoms with Crippen molar-refractivity contribution in [3.63, 3.8) is 0 Å². The summed E-state index contributed by atoms with van der Waals surface area (Å²) < 4.78 is 31.5. The number of amides is 1. The highest BCUT2D eigenvalue weighted by Gasteiger charge is 2.13. The smallest absolute Gasteiger partial charge is 0.354 e. The Morgan fingerprint density at radius 3 is 2.48 bits per heavy atom. The SMILES string of the molecule is C=CCOC(=O)/C(=C\Cc1cc(F)cc(F)c1)NC(=O)/C=C/CCC(C)C. The van der Waals surface area contributed by atoms with Gasteiger partial charge in [-0.2, -0.15) is 0 Å². The fraction of sp³-hybridized carbons (Fsp3) is 0.333. The molecule has 146 valence electrons. The first-order chi connectivity index (χ1) is 12.8. The second-order valence-corrected chi connectivity index (χ2v) is 6.35. The van der Waals surface area contributed by atoms with Crippen LogP contribution in [0.2, 0.25) is 0 Å². The van der Waals surface area contributed by atoms with Gasteiger partial charge in [0.15, 0.2) is 0 Å². The minimum atomic E-state index is -0.754. The molecule has 27 heavy (non-hydrogen) atoms. The van der Waals surface area contributed by atoms with Gasteiger partial charge in [-0.3, -0.25) is 4.79 Å². The Kier molecular flexibility index (Phi) is 9.72. The molecule has 0 bridgehead atoms. The molecule has 0 spiro atoms. The van der Waals surface area contributed by atoms with E-state index in [0.717, 1.165) is 31.0 Å². The molecule has 0 atom stereocenters. The molecular formula is C21H25F2NO3. The fourth-order valence-electron chi connectivity index (χ4n) is 2.14. The number of nitrogens with one attached hydrogen (secondary N) is 1. The molecule has 0 saturated heterocycles. The van der Waals surface area contributed by atoms with Crippen LogP contribution in [0.3, 0.4) is 0 Å². The van der Waals surface area contributed by atoms with E-state index < -0.39 is 23.5 Å². The summed E-state index contributed by atoms with van der Waals surface area (Å²) >= 11 is 0. The van der Waals surface area contributed by atoms with Gasteiger partial charge in [-0.1, -0.05) is 32.6 Å². The van der Waals surface area contributed by atoms with Gasteiger partial charge in [-0.05, 0) is 55.0 Å². The third-order valence-corrected chi connectivity index (χ3v) is 3.45. The lowest BCUT2D eigenvalue weighted by molar-refractivity contribution is -0.139. The van der Waals surface area contributed by atoms with Crippen molar-refractivity contribution in [2.75, 3.05) is 6.61 Å². The van der Waals surface area contributed by atoms with E-state index in [1.807, 2.05) is 0 Å². The number of allylic oxidation sites excluding steroid dienone is 2. The maximum atomic E-state index is 13.3. The summed E-state index contributed by atoms with van der Waals surface area (Å²) in [6, 6.07) is 3.07. The number of hydrogen-bond donors (Lipinski definition) is 1. The summed E-state index contributed by atoms with van der Waals surface area (Å²) in [7, 11) is 0. The first kappa shape index (κ1) is 22.3. The lowest BCUT2D eigenvalue weighted by Crippen LogP contribution is -2.27. The van der Waals surface area contributed by atoms with Crippen LogP contribution >= 0.6 is 0 Å². The minimum absolute atomic E-state index is 0.0230. The zero-order valence-electron chi connectivity index (χ0n) is 15.6. The standard InChI is InChI=1S/C21H25F2NO3/c1-4-11-27-21(26)19(24-20(25)8-6-5-7-15(2)3)10-9-16-12-17(22)14-18(23)13-16/h4,6,8,10,12-15H,1,5,7,9,11H2,2-3H3,(H,24,25)/b8-6+,19-10+. The van der Waals surface area contributed by atoms with Crippen LogP contribution < -0.4 is 5.32 Å². The molecule has 0 saturated carbocycles. The van der Waals surface area contributed by atoms with Gasteiger partial charge in [0, 0.05) is 6.07 Å². The maximum Gasteiger partial charge on any atom is 0.354 e. The van der Waals surface area contributed by atoms with Crippen LogP contribution in [-0.4, -0.2) is 18.5 Å². The summed E-state index contributed by atoms with van der Waals surface area (Å²) in [6.45, 7) is 7.59. The summed E-state index contributed by atoms with van der Waals surface area (Å²) in [5, 5.41) is 2.45. The first-order valence-electron chi connectivity index (χ1n) is 8.72. The van der Waals surface area contributed by atoms with E-state index in [9.17, 15) is 18.4 Å². The topological polar surface area (TPSA) is 55.4 Å². The summed E-state index contributed by atoms with van der Waals surface area (Å²) in [5.41, 5.74) is 0.225. The number of esters is 1. The molecule has 1 aromatic carbocycles. The lowest BCUT2D eigenvalue weighted by Gasteiger charge is -2.08. The van der Waals surface area contributed by atoms with E-state index in [1.54, 1.807) is 6.08 Å². The van der Waals surface area contributed by atoms with E-state index in [1.165, 1.54) is 18.2 Å². The van der Waals surface area contributed by atoms with Gasteiger partial charge in [-0.25, -0.2) is 13.6 Å². The highest BCUT2D eigenvalue weighted by Crippen LogP contribution is 2.10. The Balaban J connectivity index is 2.84. The second kappa shape index (κ2) is 11.8. The molecule has 0 aliphatic heterocycles. The van der Waals surface area contributed by atoms with E-state index in [4.69, 9.17) is 4.74 Å². The summed E-state index contributed by atoms with van der Waals surface area (Å²) in [4.78, 5) is 24.1. The number of halogens is 2. The Bertz CT molecular complexity index is 704. The van der Waals surface area contributed by atoms with Crippen molar-refractivity contribution in [3.8, 4) is 0 Å². The van der Waals surface area contributed by atoms with Crippen LogP contribution in [0.1, 0.15) is 32.3 Å². The van der Waals surface area contributed by atoms with Gasteiger partial charge >= 0.3 is 5.97 Å². The normalized spacial score (nSPS) is 11.7. The van der Waals surface area contributed by atoms with Crippen molar-refractivity contribution < 1.29 is 23.1 Å². The largest absolute Gasteiger partial charge is 0.457 e. The zero-order valence-corrected chi connectivity index (χ0v) is 15.6. The Morgan fingerprint density at radius 1 is 1.22 bits per heavy atom. The van der Waals surface area contributed by atoms with Crippen LogP contribution in [0, 0.1) is 17.6 Å². The average Bonchev–Trinajstić information content (AvgIpc) is 2.59. The van der Waals surface area contributed by atoms with Crippen molar-refractivity contribution >= 4 is 11.9 Å². The van der Waals surface area contributed by atoms with Gasteiger partial charge in [-0.15, -0.1) is 0 Å². The Morgan fingerprint density at radius 2 is 1.89 bits per heavy atom. The predicted molar refractivity (Wildman–Crippen MR) is 101 cm³/mol. The molecule has 0 aliphatic rings. The summed E-state index contributed by atoms with van der Waals surface area (Å²) in [5.74, 6) is -2.15. The van der Waals surface area contributed by atoms with Gasteiger partial charge in [0.1, 0.15) is 23.9 Å². The number of benzene rings is 1. The molecule has 1 rings (SSSR count). The maximum absolute atomic E-state index is 13.3. The third kappa shape index (κ3) is 9.49. The third-order valence-electron chi connectivity index (χ3n) is 3.45. The number of rotatable bonds is 10. The Hall–Kier alpha value is -2.76. The van der Waals surface area contributed by atoms with Gasteiger partial charge in [0.05, 0.1) is 0 Å². The second-order valence-electron chi connectivity index (χ2n) is 6.35. The van der Waals surface area contributed by atoms with Crippen molar-refractivity contribution in [2.45, 2.75) is 33.1 Å². The molecule has 0 radical (unpaired) electrons. The van der Waals surface area contributed by atoms with Crippen molar-refractivity contribution in [3.05, 3.63) is 72.0 Å². The molecule has 4 nitrogen and oxygen atoms in total. The summed E-state index contributed by atoms with van der Waals surface area (Å²) in [6.07, 6.45) is 7.56. The van der Waals surface area contributed by atoms with Crippen LogP contribution in [0.5, 0.6) is 0 Å². The van der Waals surface area contributed by atoms with E-state index in [2.05, 4.69) is 25.7 Å². The molecule has 1 amide bonds. The predicted octanol–water partition coefficient (Wildman–Crippen LogP) is 4.23. The van der Waals surface area contributed by atoms with Crippen LogP contribution in [0.25, 0.3) is 0 Å². The lowest BCUT2D eigenvalue weighted by atomic mass is 10.1. The molecule has 1 N–H and O–H groups in total. The van der Waals surface area contributed by atoms with E-state index in [-0.39, 0.29) is 18.7 Å². The molecular weight excluding hydrogens is 352 g/mol. The van der Waals surface area contributed by atoms with E-state index >= 15 is 0 Å². The van der Waals surface area contributed by atoms with Crippen molar-refractivity contribution in [1.82, 2.24) is 5.32 Å². The molecule has 1 aromatic rings. The number of carbonyl (C=O) groups excluding carboxylic acids is 2. The minimum Gasteiger partial charge on any atom is -0.457 e. The first-order valence-corrected chi connectivity index (χ1v) is 8.72. The zero-order chi connectivity index (χ0) is 20.2. The van der Waals surface area contributed by atoms with Gasteiger partial charge < -0.3 is 10.1 Å². The van der Waals surface area contributed by atoms with Crippen LogP contribution in [-0.2, 0) is 20.7 Å². The molecule has 6 heteroatoms. The molecule has 0 fully saturated rings. The van der Waals surface area contributed by atoms with Gasteiger partial charge in [0.2, 0.25) is 5.91 Å². The number of hydrogen-bond acceptors (Lipinski definition) is 3. The molecule has 0 aromatic heterocycles. The monoisotopic (exact) mass is 377 g/mol. The fourth-order valence-corrected chi connectivity index (χ4v) is 2.14. The van der Waals surface area contributed by atoms with Crippen molar-refractivity contribution in [2.24, 2.45) is 5.92 Å².